The topological polar surface area (TPSA) is 132 Å². The van der Waals surface area contributed by atoms with Crippen molar-refractivity contribution >= 4 is 13.8 Å². The molecule has 3 N–H and O–H groups in total. The minimum Gasteiger partial charge on any atom is -0.457 e. The Morgan fingerprint density at radius 1 is 0.552 bits per heavy atom. The van der Waals surface area contributed by atoms with E-state index in [-0.39, 0.29) is 19.6 Å². The van der Waals surface area contributed by atoms with Crippen LogP contribution in [0.2, 0.25) is 0 Å². The molecule has 338 valence electrons. The van der Waals surface area contributed by atoms with Crippen LogP contribution in [0.5, 0.6) is 0 Å². The van der Waals surface area contributed by atoms with E-state index >= 15 is 0 Å². The highest BCUT2D eigenvalue weighted by Crippen LogP contribution is 2.43. The highest BCUT2D eigenvalue weighted by Gasteiger charge is 2.26. The van der Waals surface area contributed by atoms with Crippen LogP contribution in [0.15, 0.2) is 60.8 Å². The van der Waals surface area contributed by atoms with Crippen molar-refractivity contribution in [2.24, 2.45) is 0 Å². The Labute approximate surface area is 355 Å². The van der Waals surface area contributed by atoms with Crippen LogP contribution in [0.3, 0.4) is 0 Å². The number of ether oxygens (including phenoxy) is 2. The predicted octanol–water partition coefficient (Wildman–Crippen LogP) is 13.1. The Balaban J connectivity index is 4.15. The standard InChI is InChI=1S/C48H87O9P/c1-3-5-7-9-11-13-15-17-19-21-22-23-24-25-26-28-30-32-34-36-38-40-48(51)57-47(45-56-58(52,53)55-43-46(50)42-49)44-54-41-39-37-35-33-31-29-27-20-18-16-14-12-10-8-6-4-2/h6,8,12,14-15,17-18,20-22,46-47,49-50H,3-5,7,9-11,13,16,19,23-45H2,1-2H3,(H,52,53)/b8-6-,14-12-,17-15-,20-18-,22-21-. The summed E-state index contributed by atoms with van der Waals surface area (Å²) in [5.74, 6) is -0.393. The number of aliphatic hydroxyl groups is 2. The molecule has 0 aliphatic heterocycles. The monoisotopic (exact) mass is 839 g/mol. The number of phosphoric ester groups is 1. The molecule has 9 nitrogen and oxygen atoms in total. The molecule has 0 radical (unpaired) electrons. The van der Waals surface area contributed by atoms with Gasteiger partial charge in [0.2, 0.25) is 0 Å². The number of hydrogen-bond donors (Lipinski definition) is 3. The van der Waals surface area contributed by atoms with Gasteiger partial charge in [-0.1, -0.05) is 171 Å². The number of aliphatic hydroxyl groups excluding tert-OH is 2. The lowest BCUT2D eigenvalue weighted by molar-refractivity contribution is -0.154. The summed E-state index contributed by atoms with van der Waals surface area (Å²) in [4.78, 5) is 22.6. The number of carbonyl (C=O) groups is 1. The lowest BCUT2D eigenvalue weighted by Gasteiger charge is -2.20. The first kappa shape index (κ1) is 56.2. The van der Waals surface area contributed by atoms with Crippen LogP contribution in [-0.4, -0.2) is 66.3 Å². The Bertz CT molecular complexity index is 1090. The highest BCUT2D eigenvalue weighted by molar-refractivity contribution is 7.47. The first-order valence-electron chi connectivity index (χ1n) is 23.3. The van der Waals surface area contributed by atoms with Gasteiger partial charge < -0.3 is 24.6 Å². The third-order valence-corrected chi connectivity index (χ3v) is 10.6. The molecule has 0 heterocycles. The molecule has 0 saturated heterocycles. The molecule has 0 rings (SSSR count). The van der Waals surface area contributed by atoms with E-state index in [1.165, 1.54) is 89.9 Å². The van der Waals surface area contributed by atoms with E-state index in [0.717, 1.165) is 83.5 Å². The molecule has 10 heteroatoms. The number of hydrogen-bond acceptors (Lipinski definition) is 8. The zero-order chi connectivity index (χ0) is 42.5. The molecule has 0 aliphatic rings. The first-order valence-corrected chi connectivity index (χ1v) is 24.8. The average Bonchev–Trinajstić information content (AvgIpc) is 3.21. The van der Waals surface area contributed by atoms with Gasteiger partial charge in [0.25, 0.3) is 0 Å². The van der Waals surface area contributed by atoms with Gasteiger partial charge in [-0.05, 0) is 77.0 Å². The van der Waals surface area contributed by atoms with Crippen LogP contribution < -0.4 is 0 Å². The zero-order valence-corrected chi connectivity index (χ0v) is 37.9. The molecule has 58 heavy (non-hydrogen) atoms. The third kappa shape index (κ3) is 43.7. The highest BCUT2D eigenvalue weighted by atomic mass is 31.2. The molecule has 0 aliphatic carbocycles. The van der Waals surface area contributed by atoms with Crippen molar-refractivity contribution in [2.75, 3.05) is 33.0 Å². The Hall–Kier alpha value is -1.84. The molecule has 0 aromatic rings. The average molecular weight is 839 g/mol. The number of carbonyl (C=O) groups excluding carboxylic acids is 1. The van der Waals surface area contributed by atoms with E-state index in [2.05, 4.69) is 74.6 Å². The van der Waals surface area contributed by atoms with E-state index in [1.54, 1.807) is 0 Å². The molecule has 0 saturated carbocycles. The normalized spacial score (nSPS) is 14.5. The fourth-order valence-electron chi connectivity index (χ4n) is 6.16. The van der Waals surface area contributed by atoms with Crippen LogP contribution >= 0.6 is 7.82 Å². The van der Waals surface area contributed by atoms with Gasteiger partial charge in [-0.3, -0.25) is 13.8 Å². The molecular weight excluding hydrogens is 751 g/mol. The fourth-order valence-corrected chi connectivity index (χ4v) is 6.95. The van der Waals surface area contributed by atoms with Crippen molar-refractivity contribution in [2.45, 2.75) is 206 Å². The summed E-state index contributed by atoms with van der Waals surface area (Å²) in [6.45, 7) is 3.36. The second-order valence-electron chi connectivity index (χ2n) is 15.4. The Kier molecular flexibility index (Phi) is 43.3. The molecule has 0 fully saturated rings. The first-order chi connectivity index (χ1) is 28.3. The van der Waals surface area contributed by atoms with Crippen LogP contribution in [0, 0.1) is 0 Å². The summed E-state index contributed by atoms with van der Waals surface area (Å²) in [6, 6.07) is 0. The number of allylic oxidation sites excluding steroid dienone is 10. The van der Waals surface area contributed by atoms with Gasteiger partial charge in [-0.25, -0.2) is 4.57 Å². The summed E-state index contributed by atoms with van der Waals surface area (Å²) in [5.41, 5.74) is 0. The van der Waals surface area contributed by atoms with Crippen LogP contribution in [0.1, 0.15) is 194 Å². The third-order valence-electron chi connectivity index (χ3n) is 9.69. The molecule has 0 spiro atoms. The van der Waals surface area contributed by atoms with Gasteiger partial charge in [0.05, 0.1) is 26.4 Å². The number of phosphoric acid groups is 1. The van der Waals surface area contributed by atoms with Gasteiger partial charge in [-0.2, -0.15) is 0 Å². The fraction of sp³-hybridized carbons (Fsp3) is 0.771. The van der Waals surface area contributed by atoms with Crippen LogP contribution in [-0.2, 0) is 27.9 Å². The van der Waals surface area contributed by atoms with Gasteiger partial charge >= 0.3 is 13.8 Å². The van der Waals surface area contributed by atoms with Crippen LogP contribution in [0.4, 0.5) is 0 Å². The van der Waals surface area contributed by atoms with E-state index in [1.807, 2.05) is 0 Å². The van der Waals surface area contributed by atoms with E-state index < -0.39 is 39.2 Å². The van der Waals surface area contributed by atoms with Crippen molar-refractivity contribution in [3.8, 4) is 0 Å². The number of rotatable bonds is 44. The Morgan fingerprint density at radius 3 is 1.48 bits per heavy atom. The van der Waals surface area contributed by atoms with Crippen molar-refractivity contribution < 1.29 is 43.0 Å². The summed E-state index contributed by atoms with van der Waals surface area (Å²) < 4.78 is 33.4. The smallest absolute Gasteiger partial charge is 0.457 e. The van der Waals surface area contributed by atoms with Crippen LogP contribution in [0.25, 0.3) is 0 Å². The lowest BCUT2D eigenvalue weighted by atomic mass is 10.1. The maximum absolute atomic E-state index is 12.7. The summed E-state index contributed by atoms with van der Waals surface area (Å²) >= 11 is 0. The quantitative estimate of drug-likeness (QED) is 0.0237. The second-order valence-corrected chi connectivity index (χ2v) is 16.8. The molecule has 0 aromatic heterocycles. The van der Waals surface area contributed by atoms with Crippen molar-refractivity contribution in [1.29, 1.82) is 0 Å². The van der Waals surface area contributed by atoms with E-state index in [0.29, 0.717) is 6.61 Å². The summed E-state index contributed by atoms with van der Waals surface area (Å²) in [7, 11) is -4.53. The molecule has 0 aromatic carbocycles. The van der Waals surface area contributed by atoms with E-state index in [4.69, 9.17) is 23.6 Å². The Morgan fingerprint density at radius 2 is 0.983 bits per heavy atom. The molecular formula is C48H87O9P. The minimum absolute atomic E-state index is 0.0366. The van der Waals surface area contributed by atoms with Crippen molar-refractivity contribution in [3.05, 3.63) is 60.8 Å². The largest absolute Gasteiger partial charge is 0.472 e. The lowest BCUT2D eigenvalue weighted by Crippen LogP contribution is -2.29. The van der Waals surface area contributed by atoms with Gasteiger partial charge in [-0.15, -0.1) is 0 Å². The van der Waals surface area contributed by atoms with Gasteiger partial charge in [0.15, 0.2) is 0 Å². The van der Waals surface area contributed by atoms with E-state index in [9.17, 15) is 19.4 Å². The summed E-state index contributed by atoms with van der Waals surface area (Å²) in [6.07, 6.45) is 51.8. The maximum atomic E-state index is 12.7. The molecule has 0 amide bonds. The zero-order valence-electron chi connectivity index (χ0n) is 37.0. The molecule has 3 atom stereocenters. The second kappa shape index (κ2) is 44.7. The van der Waals surface area contributed by atoms with Gasteiger partial charge in [0, 0.05) is 13.0 Å². The van der Waals surface area contributed by atoms with Gasteiger partial charge in [0.1, 0.15) is 12.2 Å². The number of unbranched alkanes of at least 4 members (excludes halogenated alkanes) is 20. The minimum atomic E-state index is -4.53. The van der Waals surface area contributed by atoms with Crippen molar-refractivity contribution in [1.82, 2.24) is 0 Å². The molecule has 3 unspecified atom stereocenters. The SMILES string of the molecule is CC/C=C\C/C=C\C/C=C\CCCCCCCCOCC(COP(=O)(O)OCC(O)CO)OC(=O)CCCCCCCCCCC/C=C\C/C=C\CCCCCCC. The maximum Gasteiger partial charge on any atom is 0.472 e. The van der Waals surface area contributed by atoms with Crippen molar-refractivity contribution in [3.63, 3.8) is 0 Å². The summed E-state index contributed by atoms with van der Waals surface area (Å²) in [5, 5.41) is 18.4. The predicted molar refractivity (Wildman–Crippen MR) is 242 cm³/mol. The molecule has 0 bridgehead atoms. The number of esters is 1.